The molecule has 2 aromatic heterocycles. The maximum atomic E-state index is 5.90. The molecule has 13 rings (SSSR count). The summed E-state index contributed by atoms with van der Waals surface area (Å²) in [5.41, 5.74) is 5.78. The third-order valence-corrected chi connectivity index (χ3v) is 6.90. The first-order valence-electron chi connectivity index (χ1n) is 13.3. The summed E-state index contributed by atoms with van der Waals surface area (Å²) < 4.78 is 23.5. The molecule has 0 aliphatic carbocycles. The molecule has 0 fully saturated rings. The smallest absolute Gasteiger partial charge is 0.123 e. The highest BCUT2D eigenvalue weighted by Crippen LogP contribution is 2.30. The Morgan fingerprint density at radius 2 is 1.02 bits per heavy atom. The first-order chi connectivity index (χ1) is 19.8. The fourth-order valence-corrected chi connectivity index (χ4v) is 4.86. The minimum atomic E-state index is 0.415. The van der Waals surface area contributed by atoms with Gasteiger partial charge in [0.1, 0.15) is 49.4 Å². The van der Waals surface area contributed by atoms with E-state index in [1.54, 1.807) is 0 Å². The molecule has 0 atom stereocenters. The number of rotatable bonds is 0. The third kappa shape index (κ3) is 4.99. The Morgan fingerprint density at radius 3 is 1.70 bits per heavy atom. The van der Waals surface area contributed by atoms with Crippen LogP contribution in [0, 0.1) is 0 Å². The predicted octanol–water partition coefficient (Wildman–Crippen LogP) is 7.35. The van der Waals surface area contributed by atoms with Crippen molar-refractivity contribution in [3.05, 3.63) is 109 Å². The van der Waals surface area contributed by atoms with E-state index < -0.39 is 0 Å². The Bertz CT molecular complexity index is 1790. The molecule has 0 unspecified atom stereocenters. The second-order valence-corrected chi connectivity index (χ2v) is 9.55. The lowest BCUT2D eigenvalue weighted by Gasteiger charge is -2.12. The quantitative estimate of drug-likeness (QED) is 0.193. The van der Waals surface area contributed by atoms with E-state index in [4.69, 9.17) is 28.9 Å². The van der Waals surface area contributed by atoms with Gasteiger partial charge in [-0.05, 0) is 66.2 Å². The van der Waals surface area contributed by atoms with Crippen molar-refractivity contribution in [2.75, 3.05) is 26.4 Å². The molecule has 0 N–H and O–H groups in total. The Morgan fingerprint density at radius 1 is 0.450 bits per heavy atom. The van der Waals surface area contributed by atoms with Crippen molar-refractivity contribution in [2.45, 2.75) is 0 Å². The van der Waals surface area contributed by atoms with Crippen LogP contribution >= 0.6 is 0 Å². The lowest BCUT2D eigenvalue weighted by atomic mass is 10.0. The van der Waals surface area contributed by atoms with Crippen molar-refractivity contribution in [1.82, 2.24) is 9.97 Å². The van der Waals surface area contributed by atoms with Crippen LogP contribution < -0.4 is 18.9 Å². The fraction of sp³-hybridized carbons (Fsp3) is 0.118. The Balaban J connectivity index is 1.23. The van der Waals surface area contributed by atoms with Gasteiger partial charge in [-0.2, -0.15) is 0 Å². The van der Waals surface area contributed by atoms with Gasteiger partial charge in [0.15, 0.2) is 0 Å². The summed E-state index contributed by atoms with van der Waals surface area (Å²) in [6.45, 7) is 1.68. The van der Waals surface area contributed by atoms with Crippen molar-refractivity contribution in [1.29, 1.82) is 0 Å². The molecular weight excluding hydrogens is 500 g/mol. The molecule has 196 valence electrons. The SMILES string of the molecule is c1cc2cc(c1)OCCOc1ccc(cc1)-c1ccc3ccc4cc(cnc4c3n1)-c1ccc(cc1)OCCO2. The zero-order valence-corrected chi connectivity index (χ0v) is 21.7. The van der Waals surface area contributed by atoms with Gasteiger partial charge in [0.2, 0.25) is 0 Å². The first-order valence-corrected chi connectivity index (χ1v) is 13.3. The van der Waals surface area contributed by atoms with E-state index in [0.29, 0.717) is 26.4 Å². The Labute approximate surface area is 231 Å². The lowest BCUT2D eigenvalue weighted by Crippen LogP contribution is -2.10. The third-order valence-electron chi connectivity index (χ3n) is 6.90. The van der Waals surface area contributed by atoms with Crippen molar-refractivity contribution < 1.29 is 18.9 Å². The molecule has 7 aliphatic heterocycles. The molecule has 6 aromatic rings. The van der Waals surface area contributed by atoms with Gasteiger partial charge in [-0.1, -0.05) is 36.4 Å². The van der Waals surface area contributed by atoms with E-state index in [9.17, 15) is 0 Å². The van der Waals surface area contributed by atoms with Crippen LogP contribution in [-0.2, 0) is 0 Å². The Kier molecular flexibility index (Phi) is 6.34. The van der Waals surface area contributed by atoms with Crippen molar-refractivity contribution in [3.63, 3.8) is 0 Å². The summed E-state index contributed by atoms with van der Waals surface area (Å²) in [5, 5.41) is 2.10. The predicted molar refractivity (Wildman–Crippen MR) is 156 cm³/mol. The number of aromatic nitrogens is 2. The van der Waals surface area contributed by atoms with E-state index >= 15 is 0 Å². The number of benzene rings is 4. The van der Waals surface area contributed by atoms with Gasteiger partial charge in [0.25, 0.3) is 0 Å². The molecule has 0 saturated carbocycles. The van der Waals surface area contributed by atoms with Gasteiger partial charge < -0.3 is 18.9 Å². The summed E-state index contributed by atoms with van der Waals surface area (Å²) in [4.78, 5) is 9.85. The standard InChI is InChI=1S/C34H26N2O4/c1-2-30-21-31(3-1)40-19-17-38-29-13-8-24(9-14-29)32-15-10-25-4-5-26-20-27(22-35-33(26)34(25)36-32)23-6-11-28(12-7-23)37-16-18-39-30/h1-15,20-22H,16-19H2. The molecule has 0 saturated heterocycles. The van der Waals surface area contributed by atoms with Gasteiger partial charge in [0, 0.05) is 34.2 Å². The van der Waals surface area contributed by atoms with Crippen LogP contribution in [0.2, 0.25) is 0 Å². The number of pyridine rings is 2. The van der Waals surface area contributed by atoms with E-state index in [-0.39, 0.29) is 0 Å². The highest BCUT2D eigenvalue weighted by molar-refractivity contribution is 6.04. The van der Waals surface area contributed by atoms with Gasteiger partial charge in [-0.3, -0.25) is 4.98 Å². The van der Waals surface area contributed by atoms with Crippen molar-refractivity contribution >= 4 is 21.8 Å². The molecule has 9 heterocycles. The molecule has 7 aliphatic rings. The number of nitrogens with zero attached hydrogens (tertiary/aromatic N) is 2. The summed E-state index contributed by atoms with van der Waals surface area (Å²) >= 11 is 0. The molecule has 6 nitrogen and oxygen atoms in total. The summed E-state index contributed by atoms with van der Waals surface area (Å²) in [7, 11) is 0. The van der Waals surface area contributed by atoms with Gasteiger partial charge in [-0.25, -0.2) is 4.98 Å². The van der Waals surface area contributed by atoms with E-state index in [1.165, 1.54) is 0 Å². The molecule has 0 radical (unpaired) electrons. The van der Waals surface area contributed by atoms with E-state index in [2.05, 4.69) is 36.4 Å². The molecule has 4 aromatic carbocycles. The average molecular weight is 527 g/mol. The molecule has 6 heteroatoms. The molecule has 0 spiro atoms. The van der Waals surface area contributed by atoms with Crippen LogP contribution in [0.4, 0.5) is 0 Å². The molecule has 0 amide bonds. The summed E-state index contributed by atoms with van der Waals surface area (Å²) in [6, 6.07) is 34.1. The first kappa shape index (κ1) is 24.0. The molecule has 40 heavy (non-hydrogen) atoms. The topological polar surface area (TPSA) is 62.7 Å². The van der Waals surface area contributed by atoms with Gasteiger partial charge in [0.05, 0.1) is 16.7 Å². The zero-order valence-electron chi connectivity index (χ0n) is 21.7. The van der Waals surface area contributed by atoms with Crippen LogP contribution in [0.1, 0.15) is 0 Å². The maximum absolute atomic E-state index is 5.90. The van der Waals surface area contributed by atoms with Crippen LogP contribution in [0.3, 0.4) is 0 Å². The summed E-state index contributed by atoms with van der Waals surface area (Å²) in [6.07, 6.45) is 1.91. The zero-order chi connectivity index (χ0) is 26.7. The summed E-state index contributed by atoms with van der Waals surface area (Å²) in [5.74, 6) is 3.02. The molecule has 11 bridgehead atoms. The highest BCUT2D eigenvalue weighted by atomic mass is 16.5. The van der Waals surface area contributed by atoms with Crippen LogP contribution in [-0.4, -0.2) is 36.4 Å². The monoisotopic (exact) mass is 526 g/mol. The van der Waals surface area contributed by atoms with Crippen molar-refractivity contribution in [2.24, 2.45) is 0 Å². The van der Waals surface area contributed by atoms with Gasteiger partial charge >= 0.3 is 0 Å². The van der Waals surface area contributed by atoms with Crippen LogP contribution in [0.5, 0.6) is 23.0 Å². The van der Waals surface area contributed by atoms with Crippen LogP contribution in [0.15, 0.2) is 109 Å². The minimum absolute atomic E-state index is 0.415. The van der Waals surface area contributed by atoms with Crippen LogP contribution in [0.25, 0.3) is 44.2 Å². The number of hydrogen-bond acceptors (Lipinski definition) is 6. The van der Waals surface area contributed by atoms with E-state index in [1.807, 2.05) is 72.9 Å². The average Bonchev–Trinajstić information content (AvgIpc) is 3.01. The van der Waals surface area contributed by atoms with Crippen molar-refractivity contribution in [3.8, 4) is 45.4 Å². The number of hydrogen-bond donors (Lipinski definition) is 0. The number of ether oxygens (including phenoxy) is 4. The maximum Gasteiger partial charge on any atom is 0.123 e. The largest absolute Gasteiger partial charge is 0.490 e. The highest BCUT2D eigenvalue weighted by Gasteiger charge is 2.09. The minimum Gasteiger partial charge on any atom is -0.490 e. The second-order valence-electron chi connectivity index (χ2n) is 9.55. The fourth-order valence-electron chi connectivity index (χ4n) is 4.86. The Hall–Kier alpha value is -5.10. The molecular formula is C34H26N2O4. The van der Waals surface area contributed by atoms with E-state index in [0.717, 1.165) is 67.2 Å². The van der Waals surface area contributed by atoms with Gasteiger partial charge in [-0.15, -0.1) is 0 Å². The lowest BCUT2D eigenvalue weighted by molar-refractivity contribution is 0.210. The normalized spacial score (nSPS) is 13.4. The second kappa shape index (κ2) is 10.6.